The van der Waals surface area contributed by atoms with Gasteiger partial charge in [-0.2, -0.15) is 0 Å². The number of hydrogen-bond donors (Lipinski definition) is 1. The van der Waals surface area contributed by atoms with E-state index in [9.17, 15) is 0 Å². The SMILES string of the molecule is CC12CC=C3C=Cc4ccc(-c5ccc6c(c5)C57c8ccccc8-c8cccc(c85)C5CC=Cc8ccc-6c7c85)cc4C3C1[SH+]C(c1ccccc1)N2. The molecule has 0 radical (unpaired) electrons. The summed E-state index contributed by atoms with van der Waals surface area (Å²) in [5.74, 6) is 0.777. The molecule has 6 atom stereocenters. The van der Waals surface area contributed by atoms with Crippen molar-refractivity contribution >= 4 is 23.9 Å². The summed E-state index contributed by atoms with van der Waals surface area (Å²) in [5, 5.41) is 4.97. The van der Waals surface area contributed by atoms with Crippen molar-refractivity contribution in [3.63, 3.8) is 0 Å². The first-order valence-corrected chi connectivity index (χ1v) is 20.4. The lowest BCUT2D eigenvalue weighted by Crippen LogP contribution is -2.49. The van der Waals surface area contributed by atoms with Crippen molar-refractivity contribution in [3.8, 4) is 33.4 Å². The summed E-state index contributed by atoms with van der Waals surface area (Å²) in [6.45, 7) is 2.47. The molecule has 1 spiro atoms. The first kappa shape index (κ1) is 29.3. The van der Waals surface area contributed by atoms with Crippen LogP contribution in [0.4, 0.5) is 0 Å². The Bertz CT molecular complexity index is 2730. The standard InChI is InChI=1S/C51H37NS/c1-50-26-25-31-19-17-29-18-20-33(27-41(29)45(31)48(50)53-49(52-50)32-9-3-2-4-10-32)34-22-23-36-40-24-21-30-11-7-13-37-39-15-8-14-38-35-12-5-6-16-42(35)51(46(38)39,43(36)28-34)47(40)44(30)37/h2-12,14-25,27-28,37,45,48-49,52H,13,26H2,1H3/p+1. The predicted molar refractivity (Wildman–Crippen MR) is 221 cm³/mol. The van der Waals surface area contributed by atoms with Crippen LogP contribution in [-0.2, 0) is 17.2 Å². The molecule has 0 amide bonds. The second kappa shape index (κ2) is 10.1. The molecule has 0 aromatic heterocycles. The topological polar surface area (TPSA) is 12.0 Å². The predicted octanol–water partition coefficient (Wildman–Crippen LogP) is 11.2. The number of nitrogens with one attached hydrogen (secondary N) is 1. The zero-order valence-electron chi connectivity index (χ0n) is 29.6. The van der Waals surface area contributed by atoms with Crippen molar-refractivity contribution < 1.29 is 0 Å². The fourth-order valence-electron chi connectivity index (χ4n) is 11.9. The van der Waals surface area contributed by atoms with E-state index < -0.39 is 0 Å². The minimum absolute atomic E-state index is 0.0569. The van der Waals surface area contributed by atoms with Crippen LogP contribution in [0.25, 0.3) is 45.5 Å². The molecule has 13 rings (SSSR count). The number of allylic oxidation sites excluding steroid dienone is 3. The van der Waals surface area contributed by atoms with E-state index in [1.54, 1.807) is 11.1 Å². The van der Waals surface area contributed by atoms with Crippen molar-refractivity contribution in [2.45, 2.75) is 53.2 Å². The van der Waals surface area contributed by atoms with Gasteiger partial charge in [-0.05, 0) is 121 Å². The van der Waals surface area contributed by atoms with Crippen molar-refractivity contribution in [3.05, 3.63) is 201 Å². The van der Waals surface area contributed by atoms with Gasteiger partial charge in [-0.1, -0.05) is 140 Å². The van der Waals surface area contributed by atoms with Crippen LogP contribution in [-0.4, -0.2) is 10.8 Å². The zero-order valence-corrected chi connectivity index (χ0v) is 30.5. The van der Waals surface area contributed by atoms with Gasteiger partial charge in [0, 0.05) is 23.2 Å². The molecule has 6 unspecified atom stereocenters. The zero-order chi connectivity index (χ0) is 34.6. The highest BCUT2D eigenvalue weighted by molar-refractivity contribution is 7.79. The van der Waals surface area contributed by atoms with Gasteiger partial charge in [0.1, 0.15) is 5.25 Å². The van der Waals surface area contributed by atoms with Gasteiger partial charge in [0.05, 0.1) is 16.9 Å². The average Bonchev–Trinajstić information content (AvgIpc) is 3.84. The molecule has 252 valence electrons. The van der Waals surface area contributed by atoms with E-state index in [0.717, 1.165) is 12.8 Å². The summed E-state index contributed by atoms with van der Waals surface area (Å²) >= 11 is 1.48. The Kier molecular flexibility index (Phi) is 5.58. The maximum Gasteiger partial charge on any atom is 0.194 e. The number of hydrogen-bond acceptors (Lipinski definition) is 1. The van der Waals surface area contributed by atoms with Crippen LogP contribution >= 0.6 is 0 Å². The average molecular weight is 697 g/mol. The molecular weight excluding hydrogens is 659 g/mol. The molecule has 1 heterocycles. The highest BCUT2D eigenvalue weighted by atomic mass is 32.2. The summed E-state index contributed by atoms with van der Waals surface area (Å²) in [5.41, 5.74) is 24.3. The molecule has 1 fully saturated rings. The van der Waals surface area contributed by atoms with Gasteiger partial charge in [-0.3, -0.25) is 5.32 Å². The Morgan fingerprint density at radius 3 is 2.36 bits per heavy atom. The quantitative estimate of drug-likeness (QED) is 0.140. The van der Waals surface area contributed by atoms with Crippen molar-refractivity contribution in [1.82, 2.24) is 5.32 Å². The van der Waals surface area contributed by atoms with Gasteiger partial charge in [0.25, 0.3) is 0 Å². The van der Waals surface area contributed by atoms with E-state index in [-0.39, 0.29) is 11.0 Å². The monoisotopic (exact) mass is 696 g/mol. The smallest absolute Gasteiger partial charge is 0.194 e. The second-order valence-corrected chi connectivity index (χ2v) is 17.9. The van der Waals surface area contributed by atoms with E-state index in [1.807, 2.05) is 0 Å². The lowest BCUT2D eigenvalue weighted by molar-refractivity contribution is 0.337. The first-order valence-electron chi connectivity index (χ1n) is 19.4. The molecule has 1 aliphatic heterocycles. The Balaban J connectivity index is 1.000. The molecule has 53 heavy (non-hydrogen) atoms. The van der Waals surface area contributed by atoms with E-state index in [2.05, 4.69) is 164 Å². The highest BCUT2D eigenvalue weighted by Gasteiger charge is 2.59. The maximum atomic E-state index is 4.12. The number of fused-ring (bicyclic) bond motifs is 10. The van der Waals surface area contributed by atoms with Crippen LogP contribution < -0.4 is 5.32 Å². The number of thiol groups is 1. The third kappa shape index (κ3) is 3.55. The molecule has 6 aromatic rings. The second-order valence-electron chi connectivity index (χ2n) is 16.5. The van der Waals surface area contributed by atoms with Crippen molar-refractivity contribution in [1.29, 1.82) is 0 Å². The Hall–Kier alpha value is -5.15. The molecule has 0 saturated carbocycles. The van der Waals surface area contributed by atoms with Crippen LogP contribution in [0.1, 0.15) is 92.6 Å². The van der Waals surface area contributed by atoms with E-state index in [4.69, 9.17) is 0 Å². The molecule has 2 heteroatoms. The van der Waals surface area contributed by atoms with Crippen LogP contribution in [0.2, 0.25) is 0 Å². The summed E-state index contributed by atoms with van der Waals surface area (Å²) in [7, 11) is 0. The maximum absolute atomic E-state index is 4.12. The Morgan fingerprint density at radius 2 is 1.42 bits per heavy atom. The normalized spacial score (nSPS) is 27.9. The largest absolute Gasteiger partial charge is 0.258 e. The third-order valence-electron chi connectivity index (χ3n) is 14.0. The Labute approximate surface area is 315 Å². The Morgan fingerprint density at radius 1 is 0.642 bits per heavy atom. The van der Waals surface area contributed by atoms with Crippen molar-refractivity contribution in [2.24, 2.45) is 0 Å². The van der Waals surface area contributed by atoms with Crippen molar-refractivity contribution in [2.75, 3.05) is 0 Å². The summed E-state index contributed by atoms with van der Waals surface area (Å²) in [4.78, 5) is 0. The first-order chi connectivity index (χ1) is 26.1. The van der Waals surface area contributed by atoms with E-state index in [0.29, 0.717) is 22.5 Å². The van der Waals surface area contributed by atoms with Crippen LogP contribution in [0.15, 0.2) is 145 Å². The van der Waals surface area contributed by atoms with Gasteiger partial charge >= 0.3 is 0 Å². The summed E-state index contributed by atoms with van der Waals surface area (Å²) in [6, 6.07) is 47.1. The third-order valence-corrected chi connectivity index (χ3v) is 16.0. The van der Waals surface area contributed by atoms with Gasteiger partial charge in [0.2, 0.25) is 0 Å². The van der Waals surface area contributed by atoms with Gasteiger partial charge in [-0.25, -0.2) is 0 Å². The van der Waals surface area contributed by atoms with E-state index in [1.165, 1.54) is 95.2 Å². The lowest BCUT2D eigenvalue weighted by Gasteiger charge is -2.42. The van der Waals surface area contributed by atoms with Crippen LogP contribution in [0.5, 0.6) is 0 Å². The molecule has 7 aliphatic rings. The van der Waals surface area contributed by atoms with Crippen LogP contribution in [0.3, 0.4) is 0 Å². The molecule has 1 saturated heterocycles. The van der Waals surface area contributed by atoms with E-state index >= 15 is 0 Å². The molecule has 6 aromatic carbocycles. The van der Waals surface area contributed by atoms with Crippen LogP contribution in [0, 0.1) is 0 Å². The molecule has 1 nitrogen and oxygen atoms in total. The molecule has 0 bridgehead atoms. The molecular formula is C51H38NS+. The summed E-state index contributed by atoms with van der Waals surface area (Å²) in [6.07, 6.45) is 14.2. The van der Waals surface area contributed by atoms with Gasteiger partial charge in [-0.15, -0.1) is 0 Å². The minimum Gasteiger partial charge on any atom is -0.258 e. The summed E-state index contributed by atoms with van der Waals surface area (Å²) < 4.78 is 0. The number of benzene rings is 6. The number of rotatable bonds is 2. The highest BCUT2D eigenvalue weighted by Crippen LogP contribution is 2.69. The molecule has 1 N–H and O–H groups in total. The van der Waals surface area contributed by atoms with Gasteiger partial charge < -0.3 is 0 Å². The fraction of sp³-hybridized carbons (Fsp3) is 0.176. The lowest BCUT2D eigenvalue weighted by atomic mass is 9.59. The minimum atomic E-state index is -0.297. The fourth-order valence-corrected chi connectivity index (χ4v) is 13.9. The molecule has 6 aliphatic carbocycles. The van der Waals surface area contributed by atoms with Gasteiger partial charge in [0.15, 0.2) is 5.37 Å².